The van der Waals surface area contributed by atoms with Crippen LogP contribution in [0.5, 0.6) is 0 Å². The van der Waals surface area contributed by atoms with Gasteiger partial charge in [0.1, 0.15) is 5.82 Å². The molecule has 0 bridgehead atoms. The molecule has 0 saturated carbocycles. The number of carbonyl (C=O) groups excluding carboxylic acids is 1. The maximum absolute atomic E-state index is 13.6. The third kappa shape index (κ3) is 2.93. The van der Waals surface area contributed by atoms with Crippen molar-refractivity contribution in [3.8, 4) is 0 Å². The van der Waals surface area contributed by atoms with Gasteiger partial charge in [0, 0.05) is 22.8 Å². The van der Waals surface area contributed by atoms with Crippen molar-refractivity contribution in [2.75, 3.05) is 17.7 Å². The minimum atomic E-state index is -0.443. The normalized spacial score (nSPS) is 10.3. The molecule has 98 valence electrons. The Kier molecular flexibility index (Phi) is 3.85. The van der Waals surface area contributed by atoms with Gasteiger partial charge in [-0.3, -0.25) is 4.79 Å². The summed E-state index contributed by atoms with van der Waals surface area (Å²) >= 11 is 3.28. The van der Waals surface area contributed by atoms with Crippen molar-refractivity contribution >= 4 is 33.2 Å². The van der Waals surface area contributed by atoms with Crippen LogP contribution in [0.25, 0.3) is 0 Å². The van der Waals surface area contributed by atoms with E-state index in [9.17, 15) is 9.18 Å². The van der Waals surface area contributed by atoms with E-state index in [0.29, 0.717) is 15.7 Å². The summed E-state index contributed by atoms with van der Waals surface area (Å²) in [6.07, 6.45) is 0. The van der Waals surface area contributed by atoms with Gasteiger partial charge in [0.25, 0.3) is 5.91 Å². The van der Waals surface area contributed by atoms with Crippen molar-refractivity contribution in [3.63, 3.8) is 0 Å². The van der Waals surface area contributed by atoms with Crippen LogP contribution in [0.1, 0.15) is 10.4 Å². The first kappa shape index (κ1) is 13.5. The monoisotopic (exact) mass is 322 g/mol. The van der Waals surface area contributed by atoms with E-state index in [0.717, 1.165) is 0 Å². The second kappa shape index (κ2) is 5.40. The maximum Gasteiger partial charge on any atom is 0.258 e. The quantitative estimate of drug-likeness (QED) is 0.861. The molecular weight excluding hydrogens is 311 g/mol. The van der Waals surface area contributed by atoms with E-state index < -0.39 is 5.82 Å². The van der Waals surface area contributed by atoms with Crippen molar-refractivity contribution in [1.82, 2.24) is 0 Å². The molecule has 0 aliphatic heterocycles. The SMILES string of the molecule is CN(C(=O)c1cc(N)cc(Br)c1)c1ccccc1F. The highest BCUT2D eigenvalue weighted by Crippen LogP contribution is 2.22. The zero-order valence-corrected chi connectivity index (χ0v) is 11.8. The van der Waals surface area contributed by atoms with Gasteiger partial charge in [-0.2, -0.15) is 0 Å². The van der Waals surface area contributed by atoms with Gasteiger partial charge >= 0.3 is 0 Å². The van der Waals surface area contributed by atoms with Crippen LogP contribution in [0.4, 0.5) is 15.8 Å². The smallest absolute Gasteiger partial charge is 0.258 e. The number of nitrogens with two attached hydrogens (primary N) is 1. The molecule has 2 rings (SSSR count). The number of rotatable bonds is 2. The van der Waals surface area contributed by atoms with Gasteiger partial charge < -0.3 is 10.6 Å². The molecule has 0 saturated heterocycles. The third-order valence-electron chi connectivity index (χ3n) is 2.69. The van der Waals surface area contributed by atoms with E-state index in [2.05, 4.69) is 15.9 Å². The van der Waals surface area contributed by atoms with Gasteiger partial charge in [-0.25, -0.2) is 4.39 Å². The van der Waals surface area contributed by atoms with E-state index in [-0.39, 0.29) is 11.6 Å². The average molecular weight is 323 g/mol. The van der Waals surface area contributed by atoms with Crippen LogP contribution >= 0.6 is 15.9 Å². The van der Waals surface area contributed by atoms with Crippen molar-refractivity contribution in [1.29, 1.82) is 0 Å². The molecule has 0 unspecified atom stereocenters. The van der Waals surface area contributed by atoms with Crippen LogP contribution < -0.4 is 10.6 Å². The predicted molar refractivity (Wildman–Crippen MR) is 77.7 cm³/mol. The second-order valence-electron chi connectivity index (χ2n) is 4.09. The van der Waals surface area contributed by atoms with Gasteiger partial charge in [-0.05, 0) is 30.3 Å². The molecule has 0 radical (unpaired) electrons. The lowest BCUT2D eigenvalue weighted by Gasteiger charge is -2.18. The Bertz CT molecular complexity index is 610. The minimum absolute atomic E-state index is 0.228. The average Bonchev–Trinajstić information content (AvgIpc) is 2.36. The summed E-state index contributed by atoms with van der Waals surface area (Å²) in [5.41, 5.74) is 6.79. The van der Waals surface area contributed by atoms with Gasteiger partial charge in [0.05, 0.1) is 5.69 Å². The largest absolute Gasteiger partial charge is 0.399 e. The molecule has 2 N–H and O–H groups in total. The lowest BCUT2D eigenvalue weighted by atomic mass is 10.1. The Labute approximate surface area is 119 Å². The summed E-state index contributed by atoms with van der Waals surface area (Å²) in [7, 11) is 1.53. The Balaban J connectivity index is 2.36. The highest BCUT2D eigenvalue weighted by molar-refractivity contribution is 9.10. The number of hydrogen-bond donors (Lipinski definition) is 1. The van der Waals surface area contributed by atoms with Gasteiger partial charge in [0.15, 0.2) is 0 Å². The molecule has 2 aromatic rings. The van der Waals surface area contributed by atoms with Crippen molar-refractivity contribution < 1.29 is 9.18 Å². The molecule has 3 nitrogen and oxygen atoms in total. The highest BCUT2D eigenvalue weighted by Gasteiger charge is 2.17. The zero-order valence-electron chi connectivity index (χ0n) is 10.2. The topological polar surface area (TPSA) is 46.3 Å². The van der Waals surface area contributed by atoms with Gasteiger partial charge in [-0.1, -0.05) is 28.1 Å². The molecule has 0 spiro atoms. The number of hydrogen-bond acceptors (Lipinski definition) is 2. The zero-order chi connectivity index (χ0) is 14.0. The first-order valence-corrected chi connectivity index (χ1v) is 6.37. The molecule has 1 amide bonds. The maximum atomic E-state index is 13.6. The van der Waals surface area contributed by atoms with Crippen LogP contribution in [0.2, 0.25) is 0 Å². The number of benzene rings is 2. The number of nitrogen functional groups attached to an aromatic ring is 1. The van der Waals surface area contributed by atoms with E-state index in [1.165, 1.54) is 18.0 Å². The van der Waals surface area contributed by atoms with Crippen molar-refractivity contribution in [2.24, 2.45) is 0 Å². The predicted octanol–water partition coefficient (Wildman–Crippen LogP) is 3.45. The van der Waals surface area contributed by atoms with Crippen LogP contribution in [0, 0.1) is 5.82 Å². The van der Waals surface area contributed by atoms with Crippen molar-refractivity contribution in [2.45, 2.75) is 0 Å². The van der Waals surface area contributed by atoms with E-state index in [1.54, 1.807) is 36.4 Å². The lowest BCUT2D eigenvalue weighted by Crippen LogP contribution is -2.27. The molecule has 0 heterocycles. The van der Waals surface area contributed by atoms with Crippen LogP contribution in [0.3, 0.4) is 0 Å². The number of carbonyl (C=O) groups is 1. The molecule has 0 aliphatic carbocycles. The van der Waals surface area contributed by atoms with Gasteiger partial charge in [0.2, 0.25) is 0 Å². The third-order valence-corrected chi connectivity index (χ3v) is 3.14. The summed E-state index contributed by atoms with van der Waals surface area (Å²) in [4.78, 5) is 13.5. The molecule has 2 aromatic carbocycles. The number of anilines is 2. The fourth-order valence-electron chi connectivity index (χ4n) is 1.76. The highest BCUT2D eigenvalue weighted by atomic mass is 79.9. The lowest BCUT2D eigenvalue weighted by molar-refractivity contribution is 0.0992. The Morgan fingerprint density at radius 3 is 2.58 bits per heavy atom. The molecular formula is C14H12BrFN2O. The van der Waals surface area contributed by atoms with E-state index >= 15 is 0 Å². The summed E-state index contributed by atoms with van der Waals surface area (Å²) in [6, 6.07) is 11.0. The van der Waals surface area contributed by atoms with Crippen LogP contribution in [-0.4, -0.2) is 13.0 Å². The first-order valence-electron chi connectivity index (χ1n) is 5.57. The number of nitrogens with zero attached hydrogens (tertiary/aromatic N) is 1. The number of para-hydroxylation sites is 1. The fraction of sp³-hybridized carbons (Fsp3) is 0.0714. The van der Waals surface area contributed by atoms with Crippen molar-refractivity contribution in [3.05, 3.63) is 58.3 Å². The van der Waals surface area contributed by atoms with Crippen LogP contribution in [-0.2, 0) is 0 Å². The van der Waals surface area contributed by atoms with Crippen LogP contribution in [0.15, 0.2) is 46.9 Å². The standard InChI is InChI=1S/C14H12BrFN2O/c1-18(13-5-3-2-4-12(13)16)14(19)9-6-10(15)8-11(17)7-9/h2-8H,17H2,1H3. The minimum Gasteiger partial charge on any atom is -0.399 e. The first-order chi connectivity index (χ1) is 8.99. The van der Waals surface area contributed by atoms with Gasteiger partial charge in [-0.15, -0.1) is 0 Å². The Hall–Kier alpha value is -1.88. The Morgan fingerprint density at radius 2 is 1.95 bits per heavy atom. The molecule has 0 fully saturated rings. The Morgan fingerprint density at radius 1 is 1.26 bits per heavy atom. The second-order valence-corrected chi connectivity index (χ2v) is 5.00. The summed E-state index contributed by atoms with van der Waals surface area (Å²) in [6.45, 7) is 0. The molecule has 0 aliphatic rings. The molecule has 0 aromatic heterocycles. The summed E-state index contributed by atoms with van der Waals surface area (Å²) < 4.78 is 14.4. The number of amides is 1. The number of halogens is 2. The summed E-state index contributed by atoms with van der Waals surface area (Å²) in [5.74, 6) is -0.764. The molecule has 0 atom stereocenters. The summed E-state index contributed by atoms with van der Waals surface area (Å²) in [5, 5.41) is 0. The fourth-order valence-corrected chi connectivity index (χ4v) is 2.27. The molecule has 19 heavy (non-hydrogen) atoms. The van der Waals surface area contributed by atoms with E-state index in [4.69, 9.17) is 5.73 Å². The van der Waals surface area contributed by atoms with E-state index in [1.807, 2.05) is 0 Å². The molecule has 5 heteroatoms.